The van der Waals surface area contributed by atoms with Gasteiger partial charge in [-0.05, 0) is 53.2 Å². The van der Waals surface area contributed by atoms with Gasteiger partial charge in [0.2, 0.25) is 0 Å². The van der Waals surface area contributed by atoms with E-state index in [4.69, 9.17) is 4.99 Å². The summed E-state index contributed by atoms with van der Waals surface area (Å²) in [6.07, 6.45) is 7.80. The zero-order chi connectivity index (χ0) is 20.1. The molecule has 4 rings (SSSR count). The minimum atomic E-state index is -0.0811. The number of hydrogen-bond acceptors (Lipinski definition) is 3. The van der Waals surface area contributed by atoms with Crippen molar-refractivity contribution in [1.82, 2.24) is 0 Å². The predicted molar refractivity (Wildman–Crippen MR) is 129 cm³/mol. The smallest absolute Gasteiger partial charge is 0.127 e. The molecule has 0 radical (unpaired) electrons. The topological polar surface area (TPSA) is 36.4 Å². The summed E-state index contributed by atoms with van der Waals surface area (Å²) in [5, 5.41) is 7.44. The highest BCUT2D eigenvalue weighted by Crippen LogP contribution is 2.38. The van der Waals surface area contributed by atoms with Crippen LogP contribution in [0.3, 0.4) is 0 Å². The van der Waals surface area contributed by atoms with Gasteiger partial charge in [0.25, 0.3) is 0 Å². The van der Waals surface area contributed by atoms with Gasteiger partial charge in [0.05, 0.1) is 23.5 Å². The van der Waals surface area contributed by atoms with Crippen LogP contribution >= 0.6 is 11.8 Å². The van der Waals surface area contributed by atoms with Crippen LogP contribution in [0.1, 0.15) is 24.0 Å². The first-order valence-electron chi connectivity index (χ1n) is 10.1. The van der Waals surface area contributed by atoms with Crippen LogP contribution in [0, 0.1) is 0 Å². The Balaban J connectivity index is 1.58. The summed E-state index contributed by atoms with van der Waals surface area (Å²) in [7, 11) is 0. The maximum atomic E-state index is 5.04. The van der Waals surface area contributed by atoms with Crippen LogP contribution in [-0.4, -0.2) is 22.9 Å². The SMILES string of the molecule is C=C/C=C(\C=C)c1ccc(CN=C2Nc3ccccc3NC23CCSCC3)cc1. The summed E-state index contributed by atoms with van der Waals surface area (Å²) >= 11 is 2.03. The van der Waals surface area contributed by atoms with E-state index in [1.165, 1.54) is 11.3 Å². The van der Waals surface area contributed by atoms with E-state index in [0.29, 0.717) is 6.54 Å². The predicted octanol–water partition coefficient (Wildman–Crippen LogP) is 6.14. The Bertz CT molecular complexity index is 950. The van der Waals surface area contributed by atoms with Crippen molar-refractivity contribution in [3.63, 3.8) is 0 Å². The van der Waals surface area contributed by atoms with Gasteiger partial charge >= 0.3 is 0 Å². The number of nitrogens with one attached hydrogen (secondary N) is 2. The zero-order valence-corrected chi connectivity index (χ0v) is 17.5. The second-order valence-corrected chi connectivity index (χ2v) is 8.64. The van der Waals surface area contributed by atoms with Crippen LogP contribution in [0.4, 0.5) is 11.4 Å². The molecule has 0 atom stereocenters. The lowest BCUT2D eigenvalue weighted by Gasteiger charge is -2.43. The molecule has 0 bridgehead atoms. The number of fused-ring (bicyclic) bond motifs is 1. The van der Waals surface area contributed by atoms with Gasteiger partial charge in [-0.1, -0.05) is 67.8 Å². The highest BCUT2D eigenvalue weighted by molar-refractivity contribution is 7.99. The molecule has 0 aliphatic carbocycles. The number of thioether (sulfide) groups is 1. The minimum absolute atomic E-state index is 0.0811. The van der Waals surface area contributed by atoms with Gasteiger partial charge in [0, 0.05) is 0 Å². The van der Waals surface area contributed by atoms with Gasteiger partial charge in [-0.25, -0.2) is 0 Å². The Labute approximate surface area is 177 Å². The molecule has 148 valence electrons. The third-order valence-electron chi connectivity index (χ3n) is 5.58. The number of anilines is 2. The molecule has 2 N–H and O–H groups in total. The fraction of sp³-hybridized carbons (Fsp3) is 0.240. The van der Waals surface area contributed by atoms with E-state index in [2.05, 4.69) is 72.3 Å². The third-order valence-corrected chi connectivity index (χ3v) is 6.56. The highest BCUT2D eigenvalue weighted by atomic mass is 32.2. The first kappa shape index (κ1) is 19.6. The van der Waals surface area contributed by atoms with Crippen molar-refractivity contribution in [2.24, 2.45) is 4.99 Å². The van der Waals surface area contributed by atoms with Crippen LogP contribution < -0.4 is 10.6 Å². The molecule has 29 heavy (non-hydrogen) atoms. The lowest BCUT2D eigenvalue weighted by Crippen LogP contribution is -2.54. The first-order valence-corrected chi connectivity index (χ1v) is 11.2. The molecule has 0 saturated carbocycles. The fourth-order valence-corrected chi connectivity index (χ4v) is 5.11. The number of benzene rings is 2. The molecule has 1 spiro atoms. The molecule has 2 heterocycles. The summed E-state index contributed by atoms with van der Waals surface area (Å²) in [4.78, 5) is 5.04. The number of rotatable bonds is 5. The van der Waals surface area contributed by atoms with Crippen molar-refractivity contribution >= 4 is 34.5 Å². The van der Waals surface area contributed by atoms with Crippen LogP contribution in [0.25, 0.3) is 5.57 Å². The van der Waals surface area contributed by atoms with Crippen molar-refractivity contribution < 1.29 is 0 Å². The normalized spacial score (nSPS) is 19.2. The fourth-order valence-electron chi connectivity index (χ4n) is 3.92. The van der Waals surface area contributed by atoms with Crippen molar-refractivity contribution in [3.8, 4) is 0 Å². The van der Waals surface area contributed by atoms with Crippen molar-refractivity contribution in [1.29, 1.82) is 0 Å². The Morgan fingerprint density at radius 3 is 2.45 bits per heavy atom. The van der Waals surface area contributed by atoms with Gasteiger partial charge < -0.3 is 10.6 Å². The van der Waals surface area contributed by atoms with Crippen LogP contribution in [0.2, 0.25) is 0 Å². The maximum Gasteiger partial charge on any atom is 0.127 e. The van der Waals surface area contributed by atoms with E-state index in [9.17, 15) is 0 Å². The van der Waals surface area contributed by atoms with E-state index in [0.717, 1.165) is 47.0 Å². The van der Waals surface area contributed by atoms with Gasteiger partial charge in [-0.3, -0.25) is 4.99 Å². The summed E-state index contributed by atoms with van der Waals surface area (Å²) in [6.45, 7) is 8.32. The molecular formula is C25H27N3S. The number of aliphatic imine (C=N–C) groups is 1. The van der Waals surface area contributed by atoms with Crippen LogP contribution in [0.15, 0.2) is 84.9 Å². The summed E-state index contributed by atoms with van der Waals surface area (Å²) < 4.78 is 0. The summed E-state index contributed by atoms with van der Waals surface area (Å²) in [6, 6.07) is 17.0. The van der Waals surface area contributed by atoms with Gasteiger partial charge in [-0.15, -0.1) is 0 Å². The lowest BCUT2D eigenvalue weighted by molar-refractivity contribution is 0.560. The monoisotopic (exact) mass is 401 g/mol. The Morgan fingerprint density at radius 2 is 1.76 bits per heavy atom. The maximum absolute atomic E-state index is 5.04. The highest BCUT2D eigenvalue weighted by Gasteiger charge is 2.40. The Morgan fingerprint density at radius 1 is 1.03 bits per heavy atom. The van der Waals surface area contributed by atoms with Crippen LogP contribution in [-0.2, 0) is 6.54 Å². The average Bonchev–Trinajstić information content (AvgIpc) is 2.77. The Hall–Kier alpha value is -2.72. The lowest BCUT2D eigenvalue weighted by atomic mass is 9.87. The second kappa shape index (κ2) is 8.75. The minimum Gasteiger partial charge on any atom is -0.371 e. The molecule has 2 aliphatic heterocycles. The van der Waals surface area contributed by atoms with Crippen LogP contribution in [0.5, 0.6) is 0 Å². The number of allylic oxidation sites excluding steroid dienone is 4. The number of para-hydroxylation sites is 2. The van der Waals surface area contributed by atoms with Gasteiger partial charge in [0.15, 0.2) is 0 Å². The standard InChI is InChI=1S/C25H27N3S/c1-3-7-20(4-2)21-12-10-19(11-13-21)18-26-24-25(14-16-29-17-15-25)28-23-9-6-5-8-22(23)27-24/h3-13,28H,1-2,14-18H2,(H,26,27)/b20-7+. The largest absolute Gasteiger partial charge is 0.371 e. The Kier molecular flexibility index (Phi) is 5.91. The summed E-state index contributed by atoms with van der Waals surface area (Å²) in [5.74, 6) is 3.38. The van der Waals surface area contributed by atoms with E-state index in [1.54, 1.807) is 6.08 Å². The quantitative estimate of drug-likeness (QED) is 0.591. The van der Waals surface area contributed by atoms with Crippen molar-refractivity contribution in [2.75, 3.05) is 22.1 Å². The number of nitrogens with zero attached hydrogens (tertiary/aromatic N) is 1. The number of amidine groups is 1. The average molecular weight is 402 g/mol. The molecule has 2 aliphatic rings. The van der Waals surface area contributed by atoms with E-state index >= 15 is 0 Å². The van der Waals surface area contributed by atoms with Crippen molar-refractivity contribution in [3.05, 3.63) is 91.0 Å². The van der Waals surface area contributed by atoms with E-state index in [1.807, 2.05) is 23.9 Å². The third kappa shape index (κ3) is 4.18. The number of hydrogen-bond donors (Lipinski definition) is 2. The molecule has 0 amide bonds. The zero-order valence-electron chi connectivity index (χ0n) is 16.7. The van der Waals surface area contributed by atoms with Gasteiger partial charge in [0.1, 0.15) is 5.84 Å². The van der Waals surface area contributed by atoms with E-state index in [-0.39, 0.29) is 5.54 Å². The van der Waals surface area contributed by atoms with Gasteiger partial charge in [-0.2, -0.15) is 11.8 Å². The molecule has 3 nitrogen and oxygen atoms in total. The first-order chi connectivity index (χ1) is 14.2. The molecule has 2 aromatic rings. The summed E-state index contributed by atoms with van der Waals surface area (Å²) in [5.41, 5.74) is 5.62. The molecule has 1 fully saturated rings. The molecule has 4 heteroatoms. The molecule has 0 unspecified atom stereocenters. The molecule has 0 aromatic heterocycles. The molecule has 2 aromatic carbocycles. The molecular weight excluding hydrogens is 374 g/mol. The van der Waals surface area contributed by atoms with Crippen molar-refractivity contribution in [2.45, 2.75) is 24.9 Å². The second-order valence-electron chi connectivity index (χ2n) is 7.41. The molecule has 1 saturated heterocycles. The van der Waals surface area contributed by atoms with E-state index < -0.39 is 0 Å².